The highest BCUT2D eigenvalue weighted by Gasteiger charge is 2.13. The zero-order valence-corrected chi connectivity index (χ0v) is 10.8. The highest BCUT2D eigenvalue weighted by molar-refractivity contribution is 7.00. The summed E-state index contributed by atoms with van der Waals surface area (Å²) in [6.07, 6.45) is 2.50. The summed E-state index contributed by atoms with van der Waals surface area (Å²) in [5.74, 6) is 0. The van der Waals surface area contributed by atoms with E-state index >= 15 is 0 Å². The molecule has 18 heavy (non-hydrogen) atoms. The topological polar surface area (TPSA) is 82.5 Å². The van der Waals surface area contributed by atoms with Crippen molar-refractivity contribution in [1.29, 1.82) is 0 Å². The van der Waals surface area contributed by atoms with Crippen LogP contribution in [0.3, 0.4) is 0 Å². The lowest BCUT2D eigenvalue weighted by atomic mass is 10.2. The fourth-order valence-corrected chi connectivity index (χ4v) is 2.48. The second-order valence-corrected chi connectivity index (χ2v) is 4.66. The van der Waals surface area contributed by atoms with Crippen LogP contribution in [-0.2, 0) is 6.42 Å². The molecule has 0 saturated carbocycles. The van der Waals surface area contributed by atoms with E-state index in [2.05, 4.69) is 19.1 Å². The molecule has 0 bridgehead atoms. The number of aromatic nitrogens is 5. The number of hydrogen-bond acceptors (Lipinski definition) is 6. The summed E-state index contributed by atoms with van der Waals surface area (Å²) in [7, 11) is 0. The van der Waals surface area contributed by atoms with E-state index in [1.165, 1.54) is 0 Å². The Hall–Kier alpha value is -1.57. The molecular formula is C10H9ClN6S. The van der Waals surface area contributed by atoms with Crippen molar-refractivity contribution in [3.05, 3.63) is 29.0 Å². The molecule has 0 atom stereocenters. The summed E-state index contributed by atoms with van der Waals surface area (Å²) in [5.41, 5.74) is 8.56. The lowest BCUT2D eigenvalue weighted by Crippen LogP contribution is -2.02. The molecular weight excluding hydrogens is 272 g/mol. The number of nitrogens with zero attached hydrogens (tertiary/aromatic N) is 5. The molecule has 1 aromatic carbocycles. The molecule has 0 unspecified atom stereocenters. The molecule has 3 aromatic rings. The summed E-state index contributed by atoms with van der Waals surface area (Å²) in [4.78, 5) is 0. The van der Waals surface area contributed by atoms with Gasteiger partial charge >= 0.3 is 0 Å². The van der Waals surface area contributed by atoms with E-state index < -0.39 is 0 Å². The van der Waals surface area contributed by atoms with Crippen LogP contribution in [0.4, 0.5) is 0 Å². The van der Waals surface area contributed by atoms with E-state index in [0.29, 0.717) is 23.7 Å². The van der Waals surface area contributed by atoms with Crippen molar-refractivity contribution in [3.63, 3.8) is 0 Å². The van der Waals surface area contributed by atoms with Gasteiger partial charge in [0.25, 0.3) is 0 Å². The van der Waals surface area contributed by atoms with Gasteiger partial charge in [-0.1, -0.05) is 16.8 Å². The summed E-state index contributed by atoms with van der Waals surface area (Å²) < 4.78 is 10.0. The first-order valence-electron chi connectivity index (χ1n) is 5.32. The molecule has 0 aliphatic rings. The van der Waals surface area contributed by atoms with Crippen molar-refractivity contribution < 1.29 is 0 Å². The number of halogens is 1. The Balaban J connectivity index is 2.17. The lowest BCUT2D eigenvalue weighted by molar-refractivity contribution is 0.798. The number of benzene rings is 1. The molecule has 0 aliphatic carbocycles. The standard InChI is InChI=1S/C10H9ClN6S/c11-7-1-2-8-9(15-18-14-8)10(7)17-5-6(3-4-12)13-16-17/h1-2,5H,3-4,12H2. The molecule has 0 aliphatic heterocycles. The monoisotopic (exact) mass is 280 g/mol. The third kappa shape index (κ3) is 1.86. The number of rotatable bonds is 3. The second-order valence-electron chi connectivity index (χ2n) is 3.72. The van der Waals surface area contributed by atoms with Gasteiger partial charge in [-0.2, -0.15) is 8.75 Å². The first-order chi connectivity index (χ1) is 8.79. The van der Waals surface area contributed by atoms with Crippen LogP contribution in [-0.4, -0.2) is 30.3 Å². The molecule has 6 nitrogen and oxygen atoms in total. The smallest absolute Gasteiger partial charge is 0.132 e. The molecule has 0 amide bonds. The van der Waals surface area contributed by atoms with Crippen molar-refractivity contribution in [1.82, 2.24) is 23.7 Å². The molecule has 2 aromatic heterocycles. The first kappa shape index (κ1) is 11.5. The minimum absolute atomic E-state index is 0.537. The first-order valence-corrected chi connectivity index (χ1v) is 6.43. The zero-order chi connectivity index (χ0) is 12.5. The van der Waals surface area contributed by atoms with Crippen molar-refractivity contribution in [3.8, 4) is 5.69 Å². The summed E-state index contributed by atoms with van der Waals surface area (Å²) in [5, 5.41) is 8.67. The van der Waals surface area contributed by atoms with E-state index in [-0.39, 0.29) is 0 Å². The van der Waals surface area contributed by atoms with Crippen molar-refractivity contribution in [2.75, 3.05) is 6.54 Å². The van der Waals surface area contributed by atoms with Gasteiger partial charge in [-0.3, -0.25) is 0 Å². The largest absolute Gasteiger partial charge is 0.330 e. The molecule has 0 spiro atoms. The van der Waals surface area contributed by atoms with E-state index in [9.17, 15) is 0 Å². The van der Waals surface area contributed by atoms with Crippen molar-refractivity contribution >= 4 is 34.4 Å². The Bertz CT molecular complexity index is 691. The van der Waals surface area contributed by atoms with E-state index in [4.69, 9.17) is 17.3 Å². The molecule has 0 radical (unpaired) electrons. The van der Waals surface area contributed by atoms with Crippen LogP contribution < -0.4 is 5.73 Å². The maximum absolute atomic E-state index is 6.20. The highest BCUT2D eigenvalue weighted by Crippen LogP contribution is 2.27. The Morgan fingerprint density at radius 3 is 3.06 bits per heavy atom. The van der Waals surface area contributed by atoms with Gasteiger partial charge in [0.2, 0.25) is 0 Å². The van der Waals surface area contributed by atoms with Gasteiger partial charge < -0.3 is 5.73 Å². The number of nitrogens with two attached hydrogens (primary N) is 1. The summed E-state index contributed by atoms with van der Waals surface area (Å²) >= 11 is 7.35. The SMILES string of the molecule is NCCc1cn(-c2c(Cl)ccc3nsnc23)nn1. The van der Waals surface area contributed by atoms with Gasteiger partial charge in [-0.05, 0) is 18.7 Å². The Labute approximate surface area is 112 Å². The third-order valence-electron chi connectivity index (χ3n) is 2.52. The van der Waals surface area contributed by atoms with Gasteiger partial charge in [0.1, 0.15) is 16.7 Å². The second kappa shape index (κ2) is 4.60. The van der Waals surface area contributed by atoms with Gasteiger partial charge in [0, 0.05) is 6.42 Å². The van der Waals surface area contributed by atoms with E-state index in [0.717, 1.165) is 28.5 Å². The lowest BCUT2D eigenvalue weighted by Gasteiger charge is -2.02. The maximum atomic E-state index is 6.20. The summed E-state index contributed by atoms with van der Waals surface area (Å²) in [6.45, 7) is 0.537. The fraction of sp³-hybridized carbons (Fsp3) is 0.200. The molecule has 2 N–H and O–H groups in total. The Kier molecular flexibility index (Phi) is 2.94. The van der Waals surface area contributed by atoms with Crippen LogP contribution in [0.2, 0.25) is 5.02 Å². The van der Waals surface area contributed by atoms with Crippen LogP contribution in [0.15, 0.2) is 18.3 Å². The molecule has 92 valence electrons. The number of fused-ring (bicyclic) bond motifs is 1. The van der Waals surface area contributed by atoms with Crippen molar-refractivity contribution in [2.45, 2.75) is 6.42 Å². The van der Waals surface area contributed by atoms with Gasteiger partial charge in [-0.15, -0.1) is 5.10 Å². The molecule has 0 saturated heterocycles. The molecule has 8 heteroatoms. The molecule has 3 rings (SSSR count). The highest BCUT2D eigenvalue weighted by atomic mass is 35.5. The van der Waals surface area contributed by atoms with Crippen molar-refractivity contribution in [2.24, 2.45) is 5.73 Å². The van der Waals surface area contributed by atoms with Crippen LogP contribution in [0.25, 0.3) is 16.7 Å². The van der Waals surface area contributed by atoms with Crippen LogP contribution in [0.5, 0.6) is 0 Å². The van der Waals surface area contributed by atoms with Crippen LogP contribution >= 0.6 is 23.3 Å². The predicted molar refractivity (Wildman–Crippen MR) is 70.1 cm³/mol. The van der Waals surface area contributed by atoms with E-state index in [1.807, 2.05) is 12.3 Å². The number of hydrogen-bond donors (Lipinski definition) is 1. The van der Waals surface area contributed by atoms with Crippen LogP contribution in [0, 0.1) is 0 Å². The average Bonchev–Trinajstić information content (AvgIpc) is 2.98. The van der Waals surface area contributed by atoms with Crippen LogP contribution in [0.1, 0.15) is 5.69 Å². The Morgan fingerprint density at radius 1 is 1.33 bits per heavy atom. The van der Waals surface area contributed by atoms with Gasteiger partial charge in [0.05, 0.1) is 28.6 Å². The average molecular weight is 281 g/mol. The van der Waals surface area contributed by atoms with Gasteiger partial charge in [0.15, 0.2) is 0 Å². The zero-order valence-electron chi connectivity index (χ0n) is 9.25. The van der Waals surface area contributed by atoms with Gasteiger partial charge in [-0.25, -0.2) is 4.68 Å². The molecule has 2 heterocycles. The van der Waals surface area contributed by atoms with E-state index in [1.54, 1.807) is 10.7 Å². The quantitative estimate of drug-likeness (QED) is 0.785. The maximum Gasteiger partial charge on any atom is 0.132 e. The third-order valence-corrected chi connectivity index (χ3v) is 3.37. The summed E-state index contributed by atoms with van der Waals surface area (Å²) in [6, 6.07) is 3.62. The minimum atomic E-state index is 0.537. The predicted octanol–water partition coefficient (Wildman–Crippen LogP) is 1.43. The molecule has 0 fully saturated rings. The normalized spacial score (nSPS) is 11.2. The minimum Gasteiger partial charge on any atom is -0.330 e. The Morgan fingerprint density at radius 2 is 2.22 bits per heavy atom. The fourth-order valence-electron chi connectivity index (χ4n) is 1.70.